The normalized spacial score (nSPS) is 23.3. The average molecular weight is 454 g/mol. The molecule has 34 heavy (non-hydrogen) atoms. The number of rotatable bonds is 4. The molecule has 3 aliphatic rings. The summed E-state index contributed by atoms with van der Waals surface area (Å²) in [6.07, 6.45) is 12.6. The van der Waals surface area contributed by atoms with Gasteiger partial charge in [-0.05, 0) is 69.6 Å². The maximum Gasteiger partial charge on any atom is 0.228 e. The van der Waals surface area contributed by atoms with E-state index in [0.717, 1.165) is 53.4 Å². The van der Waals surface area contributed by atoms with E-state index in [9.17, 15) is 4.79 Å². The molecule has 1 aliphatic carbocycles. The predicted molar refractivity (Wildman–Crippen MR) is 130 cm³/mol. The van der Waals surface area contributed by atoms with Crippen LogP contribution in [0.4, 0.5) is 11.5 Å². The highest BCUT2D eigenvalue weighted by atomic mass is 16.5. The number of hydrogen-bond donors (Lipinski definition) is 2. The van der Waals surface area contributed by atoms with E-state index >= 15 is 0 Å². The van der Waals surface area contributed by atoms with Gasteiger partial charge < -0.3 is 15.4 Å². The van der Waals surface area contributed by atoms with Crippen molar-refractivity contribution in [3.05, 3.63) is 53.7 Å². The molecule has 2 bridgehead atoms. The van der Waals surface area contributed by atoms with Crippen molar-refractivity contribution in [1.82, 2.24) is 15.0 Å². The number of nitrogens with zero attached hydrogens (tertiary/aromatic N) is 3. The molecular formula is C27H27N5O2. The number of hydrogen-bond acceptors (Lipinski definition) is 6. The summed E-state index contributed by atoms with van der Waals surface area (Å²) < 4.78 is 5.93. The summed E-state index contributed by atoms with van der Waals surface area (Å²) >= 11 is 0. The number of amides is 1. The molecular weight excluding hydrogens is 426 g/mol. The van der Waals surface area contributed by atoms with Crippen LogP contribution in [-0.2, 0) is 9.53 Å². The molecule has 1 saturated carbocycles. The second-order valence-electron chi connectivity index (χ2n) is 9.59. The zero-order chi connectivity index (χ0) is 23.1. The molecule has 3 aromatic heterocycles. The Morgan fingerprint density at radius 2 is 1.79 bits per heavy atom. The largest absolute Gasteiger partial charge is 0.381 e. The second-order valence-corrected chi connectivity index (χ2v) is 9.59. The zero-order valence-corrected chi connectivity index (χ0v) is 19.2. The molecule has 3 fully saturated rings. The maximum absolute atomic E-state index is 12.2. The molecule has 2 aliphatic heterocycles. The van der Waals surface area contributed by atoms with Crippen LogP contribution in [0.2, 0.25) is 0 Å². The highest BCUT2D eigenvalue weighted by molar-refractivity contribution is 5.96. The van der Waals surface area contributed by atoms with Crippen LogP contribution in [0.15, 0.2) is 36.8 Å². The van der Waals surface area contributed by atoms with E-state index in [2.05, 4.69) is 37.4 Å². The van der Waals surface area contributed by atoms with Crippen molar-refractivity contribution < 1.29 is 9.53 Å². The van der Waals surface area contributed by atoms with Gasteiger partial charge in [0, 0.05) is 40.8 Å². The maximum atomic E-state index is 12.2. The number of ether oxygens (including phenoxy) is 1. The van der Waals surface area contributed by atoms with Crippen molar-refractivity contribution >= 4 is 28.2 Å². The fraction of sp³-hybridized carbons (Fsp3) is 0.407. The van der Waals surface area contributed by atoms with Crippen molar-refractivity contribution in [3.8, 4) is 11.8 Å². The molecule has 2 N–H and O–H groups in total. The van der Waals surface area contributed by atoms with Gasteiger partial charge in [-0.25, -0.2) is 9.97 Å². The summed E-state index contributed by atoms with van der Waals surface area (Å²) in [5, 5.41) is 8.37. The molecule has 0 radical (unpaired) electrons. The number of nitrogens with one attached hydrogen (secondary N) is 2. The highest BCUT2D eigenvalue weighted by Gasteiger charge is 2.34. The number of carbonyl (C=O) groups is 1. The Kier molecular flexibility index (Phi) is 5.39. The molecule has 172 valence electrons. The van der Waals surface area contributed by atoms with Crippen LogP contribution in [0.1, 0.15) is 55.5 Å². The summed E-state index contributed by atoms with van der Waals surface area (Å²) in [7, 11) is 0. The van der Waals surface area contributed by atoms with Crippen LogP contribution in [-0.4, -0.2) is 39.1 Å². The quantitative estimate of drug-likeness (QED) is 0.576. The molecule has 3 atom stereocenters. The number of pyridine rings is 3. The predicted octanol–water partition coefficient (Wildman–Crippen LogP) is 4.20. The van der Waals surface area contributed by atoms with Crippen LogP contribution in [0.5, 0.6) is 0 Å². The minimum atomic E-state index is 0.0385. The van der Waals surface area contributed by atoms with E-state index < -0.39 is 0 Å². The average Bonchev–Trinajstić information content (AvgIpc) is 3.64. The lowest BCUT2D eigenvalue weighted by Gasteiger charge is -2.29. The molecule has 0 aromatic carbocycles. The Balaban J connectivity index is 1.20. The van der Waals surface area contributed by atoms with E-state index in [1.54, 1.807) is 12.4 Å². The first kappa shape index (κ1) is 21.1. The Bertz CT molecular complexity index is 1290. The van der Waals surface area contributed by atoms with Gasteiger partial charge in [0.05, 0.1) is 29.7 Å². The first-order valence-corrected chi connectivity index (χ1v) is 12.1. The summed E-state index contributed by atoms with van der Waals surface area (Å²) in [4.78, 5) is 25.6. The van der Waals surface area contributed by atoms with Crippen molar-refractivity contribution in [2.45, 2.75) is 63.7 Å². The SMILES string of the molecule is Cc1ncc(C#Cc2ccc(NC3CC4CC[C@@H](C3)O4)cn2)c2cc(NC(=O)C3CC3)ncc12. The number of fused-ring (bicyclic) bond motifs is 3. The van der Waals surface area contributed by atoms with Gasteiger partial charge in [-0.15, -0.1) is 0 Å². The first-order chi connectivity index (χ1) is 16.6. The van der Waals surface area contributed by atoms with Crippen LogP contribution in [0.3, 0.4) is 0 Å². The highest BCUT2D eigenvalue weighted by Crippen LogP contribution is 2.34. The topological polar surface area (TPSA) is 89.0 Å². The second kappa shape index (κ2) is 8.69. The van der Waals surface area contributed by atoms with E-state index in [1.807, 2.05) is 31.3 Å². The van der Waals surface area contributed by atoms with Gasteiger partial charge in [-0.1, -0.05) is 5.92 Å². The van der Waals surface area contributed by atoms with Gasteiger partial charge in [-0.3, -0.25) is 9.78 Å². The third-order valence-corrected chi connectivity index (χ3v) is 6.92. The van der Waals surface area contributed by atoms with Crippen molar-refractivity contribution in [2.24, 2.45) is 5.92 Å². The molecule has 0 spiro atoms. The Hall–Kier alpha value is -3.50. The van der Waals surface area contributed by atoms with Crippen molar-refractivity contribution in [3.63, 3.8) is 0 Å². The third-order valence-electron chi connectivity index (χ3n) is 6.92. The smallest absolute Gasteiger partial charge is 0.228 e. The van der Waals surface area contributed by atoms with E-state index in [1.165, 1.54) is 12.8 Å². The number of aromatic nitrogens is 3. The number of anilines is 2. The molecule has 1 amide bonds. The van der Waals surface area contributed by atoms with Crippen LogP contribution in [0, 0.1) is 24.7 Å². The van der Waals surface area contributed by atoms with Gasteiger partial charge >= 0.3 is 0 Å². The standard InChI is InChI=1S/C27H27N5O2/c1-16-25-15-30-26(32-27(33)17-2-3-17)12-24(25)18(13-28-16)4-5-19-6-7-20(14-29-19)31-21-10-22-8-9-23(11-21)34-22/h6-7,12-15,17,21-23,31H,2-3,8-11H2,1H3,(H,30,32,33)/t21?,22-,23?/m0/s1. The van der Waals surface area contributed by atoms with Gasteiger partial charge in [0.2, 0.25) is 5.91 Å². The summed E-state index contributed by atoms with van der Waals surface area (Å²) in [6, 6.07) is 6.30. The molecule has 2 saturated heterocycles. The minimum Gasteiger partial charge on any atom is -0.381 e. The molecule has 5 heterocycles. The summed E-state index contributed by atoms with van der Waals surface area (Å²) in [5.41, 5.74) is 3.37. The van der Waals surface area contributed by atoms with E-state index in [0.29, 0.717) is 29.8 Å². The minimum absolute atomic E-state index is 0.0385. The van der Waals surface area contributed by atoms with E-state index in [-0.39, 0.29) is 11.8 Å². The van der Waals surface area contributed by atoms with Crippen LogP contribution < -0.4 is 10.6 Å². The van der Waals surface area contributed by atoms with Gasteiger partial charge in [-0.2, -0.15) is 0 Å². The Labute approximate surface area is 198 Å². The van der Waals surface area contributed by atoms with Crippen molar-refractivity contribution in [2.75, 3.05) is 10.6 Å². The molecule has 2 unspecified atom stereocenters. The number of carbonyl (C=O) groups excluding carboxylic acids is 1. The third kappa shape index (κ3) is 4.46. The fourth-order valence-corrected chi connectivity index (χ4v) is 4.90. The van der Waals surface area contributed by atoms with Crippen LogP contribution in [0.25, 0.3) is 10.8 Å². The van der Waals surface area contributed by atoms with Gasteiger partial charge in [0.1, 0.15) is 11.5 Å². The summed E-state index contributed by atoms with van der Waals surface area (Å²) in [6.45, 7) is 1.95. The van der Waals surface area contributed by atoms with Crippen molar-refractivity contribution in [1.29, 1.82) is 0 Å². The lowest BCUT2D eigenvalue weighted by Crippen LogP contribution is -2.33. The fourth-order valence-electron chi connectivity index (χ4n) is 4.90. The van der Waals surface area contributed by atoms with E-state index in [4.69, 9.17) is 4.74 Å². The molecule has 7 heteroatoms. The first-order valence-electron chi connectivity index (χ1n) is 12.1. The lowest BCUT2D eigenvalue weighted by molar-refractivity contribution is -0.117. The monoisotopic (exact) mass is 453 g/mol. The van der Waals surface area contributed by atoms with Crippen LogP contribution >= 0.6 is 0 Å². The Morgan fingerprint density at radius 3 is 2.53 bits per heavy atom. The summed E-state index contributed by atoms with van der Waals surface area (Å²) in [5.74, 6) is 7.09. The molecule has 6 rings (SSSR count). The molecule has 3 aromatic rings. The Morgan fingerprint density at radius 1 is 0.971 bits per heavy atom. The molecule has 7 nitrogen and oxygen atoms in total. The van der Waals surface area contributed by atoms with Gasteiger partial charge in [0.25, 0.3) is 0 Å². The zero-order valence-electron chi connectivity index (χ0n) is 19.2. The number of aryl methyl sites for hydroxylation is 1. The lowest BCUT2D eigenvalue weighted by atomic mass is 10.0. The van der Waals surface area contributed by atoms with Gasteiger partial charge in [0.15, 0.2) is 0 Å².